The third-order valence-electron chi connectivity index (χ3n) is 4.99. The summed E-state index contributed by atoms with van der Waals surface area (Å²) in [5.41, 5.74) is 2.42. The Hall–Kier alpha value is -2.73. The minimum absolute atomic E-state index is 0.168. The van der Waals surface area contributed by atoms with Crippen LogP contribution in [0.4, 0.5) is 0 Å². The highest BCUT2D eigenvalue weighted by Gasteiger charge is 2.36. The second kappa shape index (κ2) is 6.53. The van der Waals surface area contributed by atoms with Gasteiger partial charge in [0, 0.05) is 18.5 Å². The molecule has 0 unspecified atom stereocenters. The zero-order chi connectivity index (χ0) is 18.3. The van der Waals surface area contributed by atoms with Crippen molar-refractivity contribution in [2.45, 2.75) is 38.8 Å². The first-order valence-electron chi connectivity index (χ1n) is 8.79. The average Bonchev–Trinajstić information content (AvgIpc) is 2.95. The van der Waals surface area contributed by atoms with E-state index in [0.29, 0.717) is 24.4 Å². The number of para-hydroxylation sites is 1. The van der Waals surface area contributed by atoms with Crippen molar-refractivity contribution in [3.05, 3.63) is 59.4 Å². The molecule has 0 aliphatic heterocycles. The molecule has 2 aromatic heterocycles. The largest absolute Gasteiger partial charge is 0.436 e. The molecule has 26 heavy (non-hydrogen) atoms. The van der Waals surface area contributed by atoms with Crippen LogP contribution in [0, 0.1) is 19.8 Å². The van der Waals surface area contributed by atoms with Crippen molar-refractivity contribution in [1.82, 2.24) is 15.3 Å². The number of aliphatic hydroxyl groups is 1. The molecule has 6 heteroatoms. The Kier molecular flexibility index (Phi) is 4.20. The summed E-state index contributed by atoms with van der Waals surface area (Å²) in [5, 5.41) is 13.8. The van der Waals surface area contributed by atoms with E-state index in [0.717, 1.165) is 16.5 Å². The highest BCUT2D eigenvalue weighted by molar-refractivity contribution is 5.92. The number of rotatable bonds is 4. The molecule has 2 N–H and O–H groups in total. The maximum atomic E-state index is 12.7. The molecule has 2 heterocycles. The van der Waals surface area contributed by atoms with Gasteiger partial charge in [-0.25, -0.2) is 4.98 Å². The molecule has 1 amide bonds. The molecule has 0 saturated heterocycles. The Labute approximate surface area is 151 Å². The van der Waals surface area contributed by atoms with Crippen LogP contribution in [0.3, 0.4) is 0 Å². The van der Waals surface area contributed by atoms with Crippen LogP contribution in [0.15, 0.2) is 40.9 Å². The second-order valence-electron chi connectivity index (χ2n) is 6.95. The quantitative estimate of drug-likeness (QED) is 0.754. The number of fused-ring (bicyclic) bond motifs is 1. The number of aryl methyl sites for hydroxylation is 2. The third-order valence-corrected chi connectivity index (χ3v) is 4.99. The van der Waals surface area contributed by atoms with Crippen molar-refractivity contribution in [3.63, 3.8) is 0 Å². The number of pyridine rings is 1. The first-order chi connectivity index (χ1) is 12.5. The van der Waals surface area contributed by atoms with Crippen LogP contribution in [0.25, 0.3) is 10.9 Å². The van der Waals surface area contributed by atoms with Gasteiger partial charge in [-0.05, 0) is 43.4 Å². The van der Waals surface area contributed by atoms with E-state index in [1.807, 2.05) is 24.3 Å². The number of amides is 1. The van der Waals surface area contributed by atoms with E-state index in [2.05, 4.69) is 21.4 Å². The van der Waals surface area contributed by atoms with Crippen LogP contribution >= 0.6 is 0 Å². The lowest BCUT2D eigenvalue weighted by atomic mass is 9.75. The Morgan fingerprint density at radius 2 is 2.08 bits per heavy atom. The number of hydrogen-bond acceptors (Lipinski definition) is 5. The van der Waals surface area contributed by atoms with Gasteiger partial charge in [-0.2, -0.15) is 0 Å². The fourth-order valence-electron chi connectivity index (χ4n) is 3.58. The van der Waals surface area contributed by atoms with E-state index in [1.165, 1.54) is 0 Å². The molecule has 134 valence electrons. The van der Waals surface area contributed by atoms with Gasteiger partial charge in [0.1, 0.15) is 0 Å². The topological polar surface area (TPSA) is 88.2 Å². The molecule has 4 rings (SSSR count). The van der Waals surface area contributed by atoms with Gasteiger partial charge < -0.3 is 14.8 Å². The molecule has 0 bridgehead atoms. The molecular weight excluding hydrogens is 330 g/mol. The molecule has 0 spiro atoms. The molecule has 0 radical (unpaired) electrons. The number of oxazole rings is 1. The van der Waals surface area contributed by atoms with Gasteiger partial charge in [0.15, 0.2) is 5.89 Å². The summed E-state index contributed by atoms with van der Waals surface area (Å²) in [6.45, 7) is 3.47. The monoisotopic (exact) mass is 351 g/mol. The predicted octanol–water partition coefficient (Wildman–Crippen LogP) is 3.08. The van der Waals surface area contributed by atoms with Crippen molar-refractivity contribution >= 4 is 16.8 Å². The van der Waals surface area contributed by atoms with E-state index < -0.39 is 0 Å². The van der Waals surface area contributed by atoms with E-state index in [9.17, 15) is 9.90 Å². The van der Waals surface area contributed by atoms with E-state index >= 15 is 0 Å². The Balaban J connectivity index is 1.65. The molecule has 1 saturated carbocycles. The number of nitrogens with zero attached hydrogens (tertiary/aromatic N) is 2. The number of aromatic nitrogens is 2. The molecule has 1 aromatic carbocycles. The maximum absolute atomic E-state index is 12.7. The van der Waals surface area contributed by atoms with Gasteiger partial charge in [-0.15, -0.1) is 0 Å². The number of nitrogens with one attached hydrogen (secondary N) is 1. The summed E-state index contributed by atoms with van der Waals surface area (Å²) in [5.74, 6) is 0.584. The first kappa shape index (κ1) is 16.7. The predicted molar refractivity (Wildman–Crippen MR) is 96.7 cm³/mol. The summed E-state index contributed by atoms with van der Waals surface area (Å²) < 4.78 is 5.45. The van der Waals surface area contributed by atoms with E-state index in [4.69, 9.17) is 4.42 Å². The smallest absolute Gasteiger partial charge is 0.289 e. The summed E-state index contributed by atoms with van der Waals surface area (Å²) in [7, 11) is 0. The van der Waals surface area contributed by atoms with Crippen molar-refractivity contribution in [3.8, 4) is 0 Å². The number of carbonyl (C=O) groups excluding carboxylic acids is 1. The summed E-state index contributed by atoms with van der Waals surface area (Å²) >= 11 is 0. The number of hydrogen-bond donors (Lipinski definition) is 2. The van der Waals surface area contributed by atoms with Gasteiger partial charge in [0.05, 0.1) is 23.4 Å². The molecule has 1 fully saturated rings. The number of carbonyl (C=O) groups is 1. The van der Waals surface area contributed by atoms with Crippen LogP contribution < -0.4 is 5.32 Å². The number of benzene rings is 1. The Morgan fingerprint density at radius 3 is 2.77 bits per heavy atom. The van der Waals surface area contributed by atoms with Crippen molar-refractivity contribution < 1.29 is 14.3 Å². The molecule has 1 atom stereocenters. The SMILES string of the molecule is Cc1nc(C)c(C(=O)N[C@@H](c2cnc3ccccc3c2)C2CC(O)C2)o1. The summed E-state index contributed by atoms with van der Waals surface area (Å²) in [6.07, 6.45) is 2.82. The average molecular weight is 351 g/mol. The molecular formula is C20H21N3O3. The van der Waals surface area contributed by atoms with Crippen LogP contribution in [0.1, 0.15) is 46.6 Å². The molecule has 3 aromatic rings. The van der Waals surface area contributed by atoms with Crippen molar-refractivity contribution in [1.29, 1.82) is 0 Å². The lowest BCUT2D eigenvalue weighted by molar-refractivity contribution is 0.0232. The van der Waals surface area contributed by atoms with Crippen LogP contribution in [-0.4, -0.2) is 27.1 Å². The molecule has 1 aliphatic rings. The minimum Gasteiger partial charge on any atom is -0.436 e. The Bertz CT molecular complexity index is 960. The summed E-state index contributed by atoms with van der Waals surface area (Å²) in [6, 6.07) is 9.70. The lowest BCUT2D eigenvalue weighted by Gasteiger charge is -2.38. The highest BCUT2D eigenvalue weighted by atomic mass is 16.4. The third kappa shape index (κ3) is 3.08. The van der Waals surface area contributed by atoms with E-state index in [1.54, 1.807) is 20.0 Å². The van der Waals surface area contributed by atoms with Gasteiger partial charge >= 0.3 is 0 Å². The van der Waals surface area contributed by atoms with Crippen LogP contribution in [0.2, 0.25) is 0 Å². The summed E-state index contributed by atoms with van der Waals surface area (Å²) in [4.78, 5) is 21.4. The van der Waals surface area contributed by atoms with E-state index in [-0.39, 0.29) is 29.7 Å². The van der Waals surface area contributed by atoms with Gasteiger partial charge in [-0.3, -0.25) is 9.78 Å². The molecule has 1 aliphatic carbocycles. The second-order valence-corrected chi connectivity index (χ2v) is 6.95. The first-order valence-corrected chi connectivity index (χ1v) is 8.79. The zero-order valence-corrected chi connectivity index (χ0v) is 14.8. The number of aliphatic hydroxyl groups excluding tert-OH is 1. The minimum atomic E-state index is -0.304. The van der Waals surface area contributed by atoms with Crippen LogP contribution in [-0.2, 0) is 0 Å². The maximum Gasteiger partial charge on any atom is 0.289 e. The molecule has 6 nitrogen and oxygen atoms in total. The zero-order valence-electron chi connectivity index (χ0n) is 14.8. The fraction of sp³-hybridized carbons (Fsp3) is 0.350. The Morgan fingerprint density at radius 1 is 1.31 bits per heavy atom. The van der Waals surface area contributed by atoms with Gasteiger partial charge in [0.25, 0.3) is 5.91 Å². The standard InChI is InChI=1S/C20H21N3O3/c1-11-19(26-12(2)22-11)20(25)23-18(14-8-16(24)9-14)15-7-13-5-3-4-6-17(13)21-10-15/h3-7,10,14,16,18,24H,8-9H2,1-2H3,(H,23,25)/t14?,16?,18-/m1/s1. The van der Waals surface area contributed by atoms with Crippen LogP contribution in [0.5, 0.6) is 0 Å². The lowest BCUT2D eigenvalue weighted by Crippen LogP contribution is -2.41. The van der Waals surface area contributed by atoms with Crippen molar-refractivity contribution in [2.24, 2.45) is 5.92 Å². The highest BCUT2D eigenvalue weighted by Crippen LogP contribution is 2.38. The van der Waals surface area contributed by atoms with Gasteiger partial charge in [0.2, 0.25) is 5.76 Å². The fourth-order valence-corrected chi connectivity index (χ4v) is 3.58. The van der Waals surface area contributed by atoms with Crippen molar-refractivity contribution in [2.75, 3.05) is 0 Å². The van der Waals surface area contributed by atoms with Gasteiger partial charge in [-0.1, -0.05) is 18.2 Å². The normalized spacial score (nSPS) is 20.6.